The standard InChI is InChI=1S/C9H8N2O2/c1-13-9(12)6-2-4-10-7-3-5-11-8(6)7/h2-5,11H,1H3. The van der Waals surface area contributed by atoms with Gasteiger partial charge in [-0.05, 0) is 12.1 Å². The van der Waals surface area contributed by atoms with E-state index >= 15 is 0 Å². The highest BCUT2D eigenvalue weighted by atomic mass is 16.5. The summed E-state index contributed by atoms with van der Waals surface area (Å²) < 4.78 is 4.63. The van der Waals surface area contributed by atoms with Gasteiger partial charge in [0.15, 0.2) is 0 Å². The minimum atomic E-state index is -0.352. The normalized spacial score (nSPS) is 10.2. The van der Waals surface area contributed by atoms with E-state index in [1.165, 1.54) is 7.11 Å². The van der Waals surface area contributed by atoms with Crippen LogP contribution in [0.1, 0.15) is 10.4 Å². The maximum absolute atomic E-state index is 11.3. The number of ether oxygens (including phenoxy) is 1. The summed E-state index contributed by atoms with van der Waals surface area (Å²) >= 11 is 0. The van der Waals surface area contributed by atoms with Crippen LogP contribution in [0, 0.1) is 0 Å². The Bertz CT molecular complexity index is 448. The topological polar surface area (TPSA) is 55.0 Å². The second-order valence-corrected chi connectivity index (χ2v) is 2.59. The predicted molar refractivity (Wildman–Crippen MR) is 47.4 cm³/mol. The molecule has 0 atom stereocenters. The van der Waals surface area contributed by atoms with Crippen molar-refractivity contribution in [2.24, 2.45) is 0 Å². The van der Waals surface area contributed by atoms with Crippen molar-refractivity contribution in [2.75, 3.05) is 7.11 Å². The zero-order valence-corrected chi connectivity index (χ0v) is 7.07. The highest BCUT2D eigenvalue weighted by Gasteiger charge is 2.10. The lowest BCUT2D eigenvalue weighted by atomic mass is 10.2. The molecule has 2 aromatic rings. The summed E-state index contributed by atoms with van der Waals surface area (Å²) in [6.45, 7) is 0. The Morgan fingerprint density at radius 2 is 2.38 bits per heavy atom. The van der Waals surface area contributed by atoms with Crippen molar-refractivity contribution in [1.29, 1.82) is 0 Å². The van der Waals surface area contributed by atoms with E-state index in [-0.39, 0.29) is 5.97 Å². The monoisotopic (exact) mass is 176 g/mol. The van der Waals surface area contributed by atoms with Crippen LogP contribution in [0.2, 0.25) is 0 Å². The first-order valence-electron chi connectivity index (χ1n) is 3.83. The predicted octanol–water partition coefficient (Wildman–Crippen LogP) is 1.35. The van der Waals surface area contributed by atoms with Gasteiger partial charge in [0.1, 0.15) is 0 Å². The molecule has 0 amide bonds. The molecule has 0 aliphatic carbocycles. The molecule has 0 unspecified atom stereocenters. The Kier molecular flexibility index (Phi) is 1.73. The van der Waals surface area contributed by atoms with E-state index in [1.807, 2.05) is 6.07 Å². The number of nitrogens with zero attached hydrogens (tertiary/aromatic N) is 1. The molecule has 13 heavy (non-hydrogen) atoms. The fourth-order valence-corrected chi connectivity index (χ4v) is 1.24. The van der Waals surface area contributed by atoms with Gasteiger partial charge in [-0.15, -0.1) is 0 Å². The summed E-state index contributed by atoms with van der Waals surface area (Å²) in [5.41, 5.74) is 2.00. The number of carbonyl (C=O) groups is 1. The van der Waals surface area contributed by atoms with Crippen LogP contribution in [-0.2, 0) is 4.74 Å². The average molecular weight is 176 g/mol. The SMILES string of the molecule is COC(=O)c1ccnc2cc[nH]c12. The van der Waals surface area contributed by atoms with Crippen molar-refractivity contribution in [3.05, 3.63) is 30.1 Å². The van der Waals surface area contributed by atoms with Crippen LogP contribution in [0.4, 0.5) is 0 Å². The number of nitrogens with one attached hydrogen (secondary N) is 1. The van der Waals surface area contributed by atoms with Crippen molar-refractivity contribution >= 4 is 17.0 Å². The lowest BCUT2D eigenvalue weighted by molar-refractivity contribution is 0.0602. The van der Waals surface area contributed by atoms with Gasteiger partial charge in [-0.1, -0.05) is 0 Å². The molecule has 2 rings (SSSR count). The highest BCUT2D eigenvalue weighted by molar-refractivity contribution is 6.01. The van der Waals surface area contributed by atoms with E-state index in [4.69, 9.17) is 0 Å². The molecule has 66 valence electrons. The number of pyridine rings is 1. The summed E-state index contributed by atoms with van der Waals surface area (Å²) in [7, 11) is 1.36. The minimum Gasteiger partial charge on any atom is -0.465 e. The van der Waals surface area contributed by atoms with Gasteiger partial charge in [-0.3, -0.25) is 4.98 Å². The summed E-state index contributed by atoms with van der Waals surface area (Å²) in [5.74, 6) is -0.352. The number of methoxy groups -OCH3 is 1. The van der Waals surface area contributed by atoms with Crippen LogP contribution in [0.25, 0.3) is 11.0 Å². The van der Waals surface area contributed by atoms with Crippen molar-refractivity contribution in [3.63, 3.8) is 0 Å². The number of rotatable bonds is 1. The Hall–Kier alpha value is -1.84. The third kappa shape index (κ3) is 1.16. The maximum atomic E-state index is 11.3. The Labute approximate surface area is 74.5 Å². The maximum Gasteiger partial charge on any atom is 0.340 e. The molecule has 0 bridgehead atoms. The second kappa shape index (κ2) is 2.90. The molecule has 2 heterocycles. The summed E-state index contributed by atoms with van der Waals surface area (Å²) in [4.78, 5) is 18.3. The lowest BCUT2D eigenvalue weighted by Crippen LogP contribution is -2.02. The van der Waals surface area contributed by atoms with Crippen LogP contribution in [-0.4, -0.2) is 23.0 Å². The number of aromatic amines is 1. The van der Waals surface area contributed by atoms with Gasteiger partial charge >= 0.3 is 5.97 Å². The molecular formula is C9H8N2O2. The van der Waals surface area contributed by atoms with Crippen LogP contribution >= 0.6 is 0 Å². The van der Waals surface area contributed by atoms with Gasteiger partial charge in [0, 0.05) is 12.4 Å². The summed E-state index contributed by atoms with van der Waals surface area (Å²) in [6, 6.07) is 3.44. The Balaban J connectivity index is 2.67. The first-order chi connectivity index (χ1) is 6.33. The van der Waals surface area contributed by atoms with Gasteiger partial charge < -0.3 is 9.72 Å². The summed E-state index contributed by atoms with van der Waals surface area (Å²) in [5, 5.41) is 0. The molecule has 0 saturated heterocycles. The molecule has 0 saturated carbocycles. The zero-order valence-electron chi connectivity index (χ0n) is 7.07. The van der Waals surface area contributed by atoms with Crippen molar-refractivity contribution in [1.82, 2.24) is 9.97 Å². The van der Waals surface area contributed by atoms with Gasteiger partial charge in [-0.2, -0.15) is 0 Å². The number of carbonyl (C=O) groups excluding carboxylic acids is 1. The van der Waals surface area contributed by atoms with E-state index < -0.39 is 0 Å². The summed E-state index contributed by atoms with van der Waals surface area (Å²) in [6.07, 6.45) is 3.33. The molecule has 4 heteroatoms. The van der Waals surface area contributed by atoms with Gasteiger partial charge in [-0.25, -0.2) is 4.79 Å². The molecule has 0 aliphatic heterocycles. The highest BCUT2D eigenvalue weighted by Crippen LogP contribution is 2.14. The van der Waals surface area contributed by atoms with Crippen LogP contribution < -0.4 is 0 Å². The van der Waals surface area contributed by atoms with Gasteiger partial charge in [0.05, 0.1) is 23.7 Å². The molecule has 0 fully saturated rings. The molecule has 1 N–H and O–H groups in total. The minimum absolute atomic E-state index is 0.352. The number of aromatic nitrogens is 2. The Morgan fingerprint density at radius 1 is 1.54 bits per heavy atom. The van der Waals surface area contributed by atoms with Gasteiger partial charge in [0.2, 0.25) is 0 Å². The van der Waals surface area contributed by atoms with E-state index in [0.717, 1.165) is 5.52 Å². The van der Waals surface area contributed by atoms with Crippen molar-refractivity contribution in [2.45, 2.75) is 0 Å². The number of esters is 1. The van der Waals surface area contributed by atoms with E-state index in [9.17, 15) is 4.79 Å². The fourth-order valence-electron chi connectivity index (χ4n) is 1.24. The molecular weight excluding hydrogens is 168 g/mol. The molecule has 0 aromatic carbocycles. The lowest BCUT2D eigenvalue weighted by Gasteiger charge is -1.99. The van der Waals surface area contributed by atoms with Crippen LogP contribution in [0.15, 0.2) is 24.5 Å². The number of H-pyrrole nitrogens is 1. The van der Waals surface area contributed by atoms with Crippen LogP contribution in [0.3, 0.4) is 0 Å². The first kappa shape index (κ1) is 7.79. The quantitative estimate of drug-likeness (QED) is 0.667. The van der Waals surface area contributed by atoms with Crippen LogP contribution in [0.5, 0.6) is 0 Å². The second-order valence-electron chi connectivity index (χ2n) is 2.59. The van der Waals surface area contributed by atoms with Gasteiger partial charge in [0.25, 0.3) is 0 Å². The zero-order chi connectivity index (χ0) is 9.26. The van der Waals surface area contributed by atoms with E-state index in [2.05, 4.69) is 14.7 Å². The number of hydrogen-bond acceptors (Lipinski definition) is 3. The molecule has 0 aliphatic rings. The largest absolute Gasteiger partial charge is 0.465 e. The first-order valence-corrected chi connectivity index (χ1v) is 3.83. The molecule has 0 radical (unpaired) electrons. The van der Waals surface area contributed by atoms with Crippen molar-refractivity contribution in [3.8, 4) is 0 Å². The van der Waals surface area contributed by atoms with E-state index in [1.54, 1.807) is 18.5 Å². The molecule has 0 spiro atoms. The molecule has 4 nitrogen and oxygen atoms in total. The number of hydrogen-bond donors (Lipinski definition) is 1. The Morgan fingerprint density at radius 3 is 3.15 bits per heavy atom. The third-order valence-electron chi connectivity index (χ3n) is 1.85. The third-order valence-corrected chi connectivity index (χ3v) is 1.85. The number of fused-ring (bicyclic) bond motifs is 1. The average Bonchev–Trinajstić information content (AvgIpc) is 2.63. The van der Waals surface area contributed by atoms with E-state index in [0.29, 0.717) is 11.1 Å². The fraction of sp³-hybridized carbons (Fsp3) is 0.111. The van der Waals surface area contributed by atoms with Crippen molar-refractivity contribution < 1.29 is 9.53 Å². The smallest absolute Gasteiger partial charge is 0.340 e. The molecule has 2 aromatic heterocycles.